The predicted molar refractivity (Wildman–Crippen MR) is 154 cm³/mol. The zero-order valence-electron chi connectivity index (χ0n) is 22.5. The molecule has 16 heteroatoms. The minimum absolute atomic E-state index is 0. The molecular formula is C27H26ClF5N6O3S. The highest BCUT2D eigenvalue weighted by atomic mass is 35.5. The number of aryl methyl sites for hydroxylation is 1. The van der Waals surface area contributed by atoms with Gasteiger partial charge in [0.2, 0.25) is 21.9 Å². The minimum Gasteiger partial charge on any atom is -0.437 e. The van der Waals surface area contributed by atoms with Crippen molar-refractivity contribution < 1.29 is 35.1 Å². The second kappa shape index (κ2) is 12.8. The maximum Gasteiger partial charge on any atom is 0.404 e. The van der Waals surface area contributed by atoms with Crippen molar-refractivity contribution >= 4 is 44.8 Å². The highest BCUT2D eigenvalue weighted by molar-refractivity contribution is 7.92. The second-order valence-electron chi connectivity index (χ2n) is 9.76. The van der Waals surface area contributed by atoms with Gasteiger partial charge in [0.15, 0.2) is 5.75 Å². The van der Waals surface area contributed by atoms with Crippen molar-refractivity contribution in [3.63, 3.8) is 0 Å². The average Bonchev–Trinajstić information content (AvgIpc) is 2.91. The van der Waals surface area contributed by atoms with Crippen LogP contribution in [0.2, 0.25) is 0 Å². The summed E-state index contributed by atoms with van der Waals surface area (Å²) in [6, 6.07) is 9.95. The zero-order chi connectivity index (χ0) is 30.1. The van der Waals surface area contributed by atoms with E-state index in [9.17, 15) is 30.4 Å². The summed E-state index contributed by atoms with van der Waals surface area (Å²) in [5.74, 6) is -2.68. The Labute approximate surface area is 249 Å². The van der Waals surface area contributed by atoms with Crippen LogP contribution in [0, 0.1) is 12.7 Å². The first-order chi connectivity index (χ1) is 19.9. The minimum atomic E-state index is -5.02. The Kier molecular flexibility index (Phi) is 9.57. The summed E-state index contributed by atoms with van der Waals surface area (Å²) in [6.07, 6.45) is -2.71. The fourth-order valence-electron chi connectivity index (χ4n) is 4.63. The molecule has 1 saturated heterocycles. The van der Waals surface area contributed by atoms with E-state index in [4.69, 9.17) is 4.74 Å². The standard InChI is InChI=1S/C27H25F5N6O3S.ClH/c1-15-4-5-18-19(6-7-21(29)23(18)38-42(39,40)14-27(30,31)32)24(15)41-25-20(3-2-9-34-25)22-8-10-35-26(37-22)36-17-11-16(28)12-33-13-17;/h2-10,16-17,33,38H,11-14H2,1H3,(H,35,36,37);1H/t16-,17-;/m0./s1. The Balaban J connectivity index is 0.00000423. The summed E-state index contributed by atoms with van der Waals surface area (Å²) in [7, 11) is -4.96. The predicted octanol–water partition coefficient (Wildman–Crippen LogP) is 5.77. The Morgan fingerprint density at radius 3 is 2.56 bits per heavy atom. The van der Waals surface area contributed by atoms with Gasteiger partial charge in [-0.2, -0.15) is 13.2 Å². The first-order valence-electron chi connectivity index (χ1n) is 12.8. The van der Waals surface area contributed by atoms with Crippen LogP contribution in [-0.4, -0.2) is 60.6 Å². The molecule has 4 aromatic rings. The maximum atomic E-state index is 14.7. The molecular weight excluding hydrogens is 619 g/mol. The van der Waals surface area contributed by atoms with Crippen molar-refractivity contribution in [2.24, 2.45) is 0 Å². The highest BCUT2D eigenvalue weighted by Gasteiger charge is 2.36. The van der Waals surface area contributed by atoms with Gasteiger partial charge in [0.25, 0.3) is 0 Å². The van der Waals surface area contributed by atoms with E-state index < -0.39 is 39.6 Å². The molecule has 1 aliphatic heterocycles. The lowest BCUT2D eigenvalue weighted by atomic mass is 10.0. The number of hydrogen-bond donors (Lipinski definition) is 3. The lowest BCUT2D eigenvalue weighted by Gasteiger charge is -2.26. The molecule has 0 bridgehead atoms. The lowest BCUT2D eigenvalue weighted by molar-refractivity contribution is -0.106. The van der Waals surface area contributed by atoms with E-state index in [0.717, 1.165) is 6.07 Å². The number of rotatable bonds is 8. The number of fused-ring (bicyclic) bond motifs is 1. The van der Waals surface area contributed by atoms with Crippen molar-refractivity contribution in [2.45, 2.75) is 31.7 Å². The van der Waals surface area contributed by atoms with Gasteiger partial charge in [0.05, 0.1) is 16.9 Å². The number of alkyl halides is 4. The van der Waals surface area contributed by atoms with E-state index in [1.165, 1.54) is 30.6 Å². The average molecular weight is 645 g/mol. The number of anilines is 2. The van der Waals surface area contributed by atoms with Gasteiger partial charge in [0, 0.05) is 48.7 Å². The molecule has 1 aliphatic rings. The van der Waals surface area contributed by atoms with Crippen molar-refractivity contribution in [3.05, 3.63) is 66.2 Å². The molecule has 43 heavy (non-hydrogen) atoms. The third-order valence-electron chi connectivity index (χ3n) is 6.44. The van der Waals surface area contributed by atoms with Crippen LogP contribution < -0.4 is 20.1 Å². The smallest absolute Gasteiger partial charge is 0.404 e. The molecule has 3 N–H and O–H groups in total. The van der Waals surface area contributed by atoms with Crippen molar-refractivity contribution in [1.82, 2.24) is 20.3 Å². The Morgan fingerprint density at radius 2 is 1.81 bits per heavy atom. The summed E-state index contributed by atoms with van der Waals surface area (Å²) in [5, 5.41) is 6.34. The molecule has 9 nitrogen and oxygen atoms in total. The van der Waals surface area contributed by atoms with Crippen LogP contribution in [-0.2, 0) is 10.0 Å². The fraction of sp³-hybridized carbons (Fsp3) is 0.296. The molecule has 0 amide bonds. The zero-order valence-corrected chi connectivity index (χ0v) is 24.1. The fourth-order valence-corrected chi connectivity index (χ4v) is 5.65. The first-order valence-corrected chi connectivity index (χ1v) is 14.4. The number of nitrogens with zero attached hydrogens (tertiary/aromatic N) is 3. The number of nitrogens with one attached hydrogen (secondary N) is 3. The van der Waals surface area contributed by atoms with Gasteiger partial charge in [-0.05, 0) is 42.8 Å². The van der Waals surface area contributed by atoms with Crippen LogP contribution in [0.5, 0.6) is 11.6 Å². The van der Waals surface area contributed by atoms with Gasteiger partial charge in [0.1, 0.15) is 17.7 Å². The Hall–Kier alpha value is -3.82. The molecule has 0 saturated carbocycles. The molecule has 0 spiro atoms. The number of hydrogen-bond acceptors (Lipinski definition) is 8. The second-order valence-corrected chi connectivity index (χ2v) is 11.5. The number of benzene rings is 2. The SMILES string of the molecule is Cc1ccc2c(NS(=O)(=O)CC(F)(F)F)c(F)ccc2c1Oc1ncccc1-c1ccnc(N[C@@H]2CNC[C@@H](F)C2)n1.Cl. The first kappa shape index (κ1) is 32.1. The molecule has 1 fully saturated rings. The number of sulfonamides is 1. The molecule has 3 heterocycles. The van der Waals surface area contributed by atoms with Gasteiger partial charge < -0.3 is 15.4 Å². The van der Waals surface area contributed by atoms with E-state index in [2.05, 4.69) is 25.6 Å². The summed E-state index contributed by atoms with van der Waals surface area (Å²) in [5.41, 5.74) is 0.811. The van der Waals surface area contributed by atoms with Crippen LogP contribution >= 0.6 is 12.4 Å². The van der Waals surface area contributed by atoms with Crippen LogP contribution in [0.3, 0.4) is 0 Å². The molecule has 0 aliphatic carbocycles. The third kappa shape index (κ3) is 7.77. The number of halogens is 6. The van der Waals surface area contributed by atoms with Crippen molar-refractivity contribution in [1.29, 1.82) is 0 Å². The number of ether oxygens (including phenoxy) is 1. The summed E-state index contributed by atoms with van der Waals surface area (Å²) < 4.78 is 99.1. The molecule has 2 aromatic carbocycles. The van der Waals surface area contributed by atoms with Gasteiger partial charge in [-0.3, -0.25) is 4.72 Å². The summed E-state index contributed by atoms with van der Waals surface area (Å²) >= 11 is 0. The van der Waals surface area contributed by atoms with E-state index in [0.29, 0.717) is 29.8 Å². The highest BCUT2D eigenvalue weighted by Crippen LogP contribution is 2.40. The van der Waals surface area contributed by atoms with E-state index >= 15 is 0 Å². The summed E-state index contributed by atoms with van der Waals surface area (Å²) in [6.45, 7) is 2.53. The molecule has 0 radical (unpaired) electrons. The van der Waals surface area contributed by atoms with E-state index in [1.54, 1.807) is 29.8 Å². The number of pyridine rings is 1. The van der Waals surface area contributed by atoms with Crippen LogP contribution in [0.4, 0.5) is 33.6 Å². The van der Waals surface area contributed by atoms with Crippen LogP contribution in [0.25, 0.3) is 22.0 Å². The van der Waals surface area contributed by atoms with Gasteiger partial charge in [-0.15, -0.1) is 12.4 Å². The van der Waals surface area contributed by atoms with Gasteiger partial charge in [-0.1, -0.05) is 12.1 Å². The number of piperidine rings is 1. The molecule has 5 rings (SSSR count). The molecule has 2 atom stereocenters. The van der Waals surface area contributed by atoms with Crippen molar-refractivity contribution in [2.75, 3.05) is 28.9 Å². The Bertz CT molecular complexity index is 1730. The van der Waals surface area contributed by atoms with Crippen LogP contribution in [0.15, 0.2) is 54.9 Å². The monoisotopic (exact) mass is 644 g/mol. The maximum absolute atomic E-state index is 14.7. The van der Waals surface area contributed by atoms with E-state index in [1.807, 2.05) is 0 Å². The van der Waals surface area contributed by atoms with E-state index in [-0.39, 0.29) is 53.3 Å². The van der Waals surface area contributed by atoms with Gasteiger partial charge in [-0.25, -0.2) is 32.2 Å². The van der Waals surface area contributed by atoms with Crippen LogP contribution in [0.1, 0.15) is 12.0 Å². The topological polar surface area (TPSA) is 118 Å². The molecule has 230 valence electrons. The largest absolute Gasteiger partial charge is 0.437 e. The molecule has 0 unspecified atom stereocenters. The van der Waals surface area contributed by atoms with Gasteiger partial charge >= 0.3 is 6.18 Å². The quantitative estimate of drug-likeness (QED) is 0.207. The molecule has 2 aromatic heterocycles. The Morgan fingerprint density at radius 1 is 1.05 bits per heavy atom. The number of aromatic nitrogens is 3. The third-order valence-corrected chi connectivity index (χ3v) is 7.66. The lowest BCUT2D eigenvalue weighted by Crippen LogP contribution is -2.44. The summed E-state index contributed by atoms with van der Waals surface area (Å²) in [4.78, 5) is 13.1. The normalized spacial score (nSPS) is 17.3. The van der Waals surface area contributed by atoms with Crippen molar-refractivity contribution in [3.8, 4) is 22.9 Å².